The molecule has 0 radical (unpaired) electrons. The largest absolute Gasteiger partial charge is 0.489 e. The molecule has 0 fully saturated rings. The molecule has 1 nitrogen and oxygen atoms in total. The van der Waals surface area contributed by atoms with Crippen LogP contribution in [0.4, 0.5) is 0 Å². The standard InChI is InChI=1S/C14H18O/c1-4-5-7-13(3)11-15-14-9-6-8-12(2)10-14/h4-10H,11H2,1-3H3/b5-4-,13-7+. The van der Waals surface area contributed by atoms with Crippen molar-refractivity contribution in [1.29, 1.82) is 0 Å². The Morgan fingerprint density at radius 3 is 2.87 bits per heavy atom. The van der Waals surface area contributed by atoms with E-state index in [1.165, 1.54) is 11.1 Å². The van der Waals surface area contributed by atoms with Crippen LogP contribution in [-0.2, 0) is 0 Å². The number of hydrogen-bond acceptors (Lipinski definition) is 1. The molecule has 0 aliphatic heterocycles. The van der Waals surface area contributed by atoms with E-state index < -0.39 is 0 Å². The summed E-state index contributed by atoms with van der Waals surface area (Å²) in [5.41, 5.74) is 2.44. The minimum Gasteiger partial charge on any atom is -0.489 e. The molecule has 1 rings (SSSR count). The molecule has 0 atom stereocenters. The van der Waals surface area contributed by atoms with Crippen LogP contribution in [0.1, 0.15) is 19.4 Å². The van der Waals surface area contributed by atoms with E-state index in [1.54, 1.807) is 0 Å². The van der Waals surface area contributed by atoms with Crippen molar-refractivity contribution < 1.29 is 4.74 Å². The van der Waals surface area contributed by atoms with E-state index in [2.05, 4.69) is 26.0 Å². The quantitative estimate of drug-likeness (QED) is 0.673. The molecule has 0 bridgehead atoms. The van der Waals surface area contributed by atoms with Crippen LogP contribution in [0, 0.1) is 6.92 Å². The molecule has 0 aliphatic rings. The number of aryl methyl sites for hydroxylation is 1. The van der Waals surface area contributed by atoms with Gasteiger partial charge in [-0.1, -0.05) is 30.4 Å². The minimum atomic E-state index is 0.647. The molecule has 0 N–H and O–H groups in total. The Morgan fingerprint density at radius 2 is 2.20 bits per heavy atom. The van der Waals surface area contributed by atoms with Gasteiger partial charge in [0, 0.05) is 0 Å². The topological polar surface area (TPSA) is 9.23 Å². The Labute approximate surface area is 92.1 Å². The van der Waals surface area contributed by atoms with Gasteiger partial charge in [0.05, 0.1) is 0 Å². The van der Waals surface area contributed by atoms with Crippen LogP contribution < -0.4 is 4.74 Å². The summed E-state index contributed by atoms with van der Waals surface area (Å²) in [5.74, 6) is 0.934. The summed E-state index contributed by atoms with van der Waals surface area (Å²) >= 11 is 0. The predicted octanol–water partition coefficient (Wildman–Crippen LogP) is 3.90. The molecule has 80 valence electrons. The van der Waals surface area contributed by atoms with Gasteiger partial charge < -0.3 is 4.74 Å². The molecule has 0 aromatic heterocycles. The van der Waals surface area contributed by atoms with Crippen LogP contribution in [-0.4, -0.2) is 6.61 Å². The van der Waals surface area contributed by atoms with Crippen molar-refractivity contribution in [2.24, 2.45) is 0 Å². The summed E-state index contributed by atoms with van der Waals surface area (Å²) in [6.07, 6.45) is 6.10. The van der Waals surface area contributed by atoms with Gasteiger partial charge in [-0.15, -0.1) is 0 Å². The number of benzene rings is 1. The zero-order chi connectivity index (χ0) is 11.1. The molecule has 1 heteroatoms. The van der Waals surface area contributed by atoms with E-state index in [0.29, 0.717) is 6.61 Å². The van der Waals surface area contributed by atoms with Crippen LogP contribution >= 0.6 is 0 Å². The van der Waals surface area contributed by atoms with Gasteiger partial charge in [-0.05, 0) is 44.0 Å². The molecule has 1 aromatic carbocycles. The van der Waals surface area contributed by atoms with Gasteiger partial charge in [-0.25, -0.2) is 0 Å². The summed E-state index contributed by atoms with van der Waals surface area (Å²) < 4.78 is 5.64. The van der Waals surface area contributed by atoms with Crippen molar-refractivity contribution in [3.05, 3.63) is 53.6 Å². The first-order chi connectivity index (χ1) is 7.22. The lowest BCUT2D eigenvalue weighted by molar-refractivity contribution is 0.352. The minimum absolute atomic E-state index is 0.647. The summed E-state index contributed by atoms with van der Waals surface area (Å²) in [7, 11) is 0. The smallest absolute Gasteiger partial charge is 0.120 e. The van der Waals surface area contributed by atoms with Crippen LogP contribution in [0.25, 0.3) is 0 Å². The summed E-state index contributed by atoms with van der Waals surface area (Å²) in [6.45, 7) is 6.78. The molecule has 1 aromatic rings. The zero-order valence-electron chi connectivity index (χ0n) is 9.66. The van der Waals surface area contributed by atoms with E-state index in [9.17, 15) is 0 Å². The first kappa shape index (κ1) is 11.6. The van der Waals surface area contributed by atoms with Crippen molar-refractivity contribution in [3.63, 3.8) is 0 Å². The monoisotopic (exact) mass is 202 g/mol. The summed E-state index contributed by atoms with van der Waals surface area (Å²) in [4.78, 5) is 0. The van der Waals surface area contributed by atoms with Crippen molar-refractivity contribution >= 4 is 0 Å². The molecule has 0 saturated carbocycles. The Balaban J connectivity index is 2.50. The van der Waals surface area contributed by atoms with Gasteiger partial charge in [-0.2, -0.15) is 0 Å². The molecule has 0 unspecified atom stereocenters. The van der Waals surface area contributed by atoms with Crippen molar-refractivity contribution in [2.75, 3.05) is 6.61 Å². The average Bonchev–Trinajstić information content (AvgIpc) is 2.23. The van der Waals surface area contributed by atoms with Crippen LogP contribution in [0.5, 0.6) is 5.75 Å². The molecule has 15 heavy (non-hydrogen) atoms. The first-order valence-electron chi connectivity index (χ1n) is 5.20. The molecule has 0 amide bonds. The lowest BCUT2D eigenvalue weighted by Gasteiger charge is -2.06. The van der Waals surface area contributed by atoms with Crippen LogP contribution in [0.3, 0.4) is 0 Å². The summed E-state index contributed by atoms with van der Waals surface area (Å²) in [6, 6.07) is 8.10. The highest BCUT2D eigenvalue weighted by Gasteiger charge is 1.93. The third-order valence-corrected chi connectivity index (χ3v) is 2.03. The van der Waals surface area contributed by atoms with E-state index in [1.807, 2.05) is 37.3 Å². The van der Waals surface area contributed by atoms with Gasteiger partial charge in [0.1, 0.15) is 12.4 Å². The highest BCUT2D eigenvalue weighted by molar-refractivity contribution is 5.28. The molecular weight excluding hydrogens is 184 g/mol. The molecular formula is C14H18O. The number of hydrogen-bond donors (Lipinski definition) is 0. The SMILES string of the molecule is C/C=C\C=C(/C)COc1cccc(C)c1. The third kappa shape index (κ3) is 4.50. The Bertz CT molecular complexity index is 361. The van der Waals surface area contributed by atoms with Crippen LogP contribution in [0.15, 0.2) is 48.1 Å². The Morgan fingerprint density at radius 1 is 1.40 bits per heavy atom. The lowest BCUT2D eigenvalue weighted by Crippen LogP contribution is -1.98. The Hall–Kier alpha value is -1.50. The molecule has 0 spiro atoms. The molecule has 0 saturated heterocycles. The maximum absolute atomic E-state index is 5.64. The predicted molar refractivity (Wildman–Crippen MR) is 65.2 cm³/mol. The number of rotatable bonds is 4. The zero-order valence-corrected chi connectivity index (χ0v) is 9.66. The van der Waals surface area contributed by atoms with Crippen molar-refractivity contribution in [1.82, 2.24) is 0 Å². The fourth-order valence-electron chi connectivity index (χ4n) is 1.21. The van der Waals surface area contributed by atoms with Crippen molar-refractivity contribution in [2.45, 2.75) is 20.8 Å². The van der Waals surface area contributed by atoms with Crippen molar-refractivity contribution in [3.8, 4) is 5.75 Å². The second-order valence-electron chi connectivity index (χ2n) is 3.64. The number of allylic oxidation sites excluding steroid dienone is 3. The molecule has 0 heterocycles. The van der Waals surface area contributed by atoms with E-state index in [-0.39, 0.29) is 0 Å². The van der Waals surface area contributed by atoms with Crippen LogP contribution in [0.2, 0.25) is 0 Å². The molecule has 0 aliphatic carbocycles. The maximum Gasteiger partial charge on any atom is 0.120 e. The third-order valence-electron chi connectivity index (χ3n) is 2.03. The van der Waals surface area contributed by atoms with E-state index in [0.717, 1.165) is 5.75 Å². The fraction of sp³-hybridized carbons (Fsp3) is 0.286. The van der Waals surface area contributed by atoms with Gasteiger partial charge in [0.15, 0.2) is 0 Å². The first-order valence-corrected chi connectivity index (χ1v) is 5.20. The summed E-state index contributed by atoms with van der Waals surface area (Å²) in [5, 5.41) is 0. The van der Waals surface area contributed by atoms with E-state index in [4.69, 9.17) is 4.74 Å². The highest BCUT2D eigenvalue weighted by Crippen LogP contribution is 2.13. The Kier molecular flexibility index (Phi) is 4.69. The fourth-order valence-corrected chi connectivity index (χ4v) is 1.21. The van der Waals surface area contributed by atoms with E-state index >= 15 is 0 Å². The average molecular weight is 202 g/mol. The maximum atomic E-state index is 5.64. The number of ether oxygens (including phenoxy) is 1. The van der Waals surface area contributed by atoms with Gasteiger partial charge in [0.2, 0.25) is 0 Å². The van der Waals surface area contributed by atoms with Gasteiger partial charge in [0.25, 0.3) is 0 Å². The van der Waals surface area contributed by atoms with Gasteiger partial charge in [-0.3, -0.25) is 0 Å². The highest BCUT2D eigenvalue weighted by atomic mass is 16.5. The normalized spacial score (nSPS) is 12.1. The second kappa shape index (κ2) is 6.07. The lowest BCUT2D eigenvalue weighted by atomic mass is 10.2. The van der Waals surface area contributed by atoms with Gasteiger partial charge >= 0.3 is 0 Å². The second-order valence-corrected chi connectivity index (χ2v) is 3.64.